The van der Waals surface area contributed by atoms with E-state index in [2.05, 4.69) is 20.7 Å². The fourth-order valence-corrected chi connectivity index (χ4v) is 2.83. The molecule has 0 amide bonds. The molecule has 1 heterocycles. The molecular formula is C19H30N4O4S. The van der Waals surface area contributed by atoms with Crippen molar-refractivity contribution in [3.63, 3.8) is 0 Å². The molecule has 9 heteroatoms. The van der Waals surface area contributed by atoms with Crippen LogP contribution in [0.25, 0.3) is 0 Å². The number of morpholine rings is 1. The van der Waals surface area contributed by atoms with Crippen molar-refractivity contribution in [1.82, 2.24) is 15.6 Å². The summed E-state index contributed by atoms with van der Waals surface area (Å²) in [7, 11) is 3.19. The fraction of sp³-hybridized carbons (Fsp3) is 0.579. The van der Waals surface area contributed by atoms with Crippen molar-refractivity contribution in [3.8, 4) is 17.2 Å². The molecule has 2 N–H and O–H groups in total. The summed E-state index contributed by atoms with van der Waals surface area (Å²) in [6.07, 6.45) is 2.56. The van der Waals surface area contributed by atoms with Gasteiger partial charge in [-0.3, -0.25) is 10.3 Å². The second-order valence-corrected chi connectivity index (χ2v) is 6.59. The zero-order chi connectivity index (χ0) is 20.2. The number of ether oxygens (including phenoxy) is 4. The lowest BCUT2D eigenvalue weighted by atomic mass is 10.2. The Morgan fingerprint density at radius 2 is 1.93 bits per heavy atom. The normalized spacial score (nSPS) is 14.7. The first kappa shape index (κ1) is 22.2. The van der Waals surface area contributed by atoms with E-state index in [4.69, 9.17) is 31.2 Å². The van der Waals surface area contributed by atoms with E-state index in [1.165, 1.54) is 0 Å². The van der Waals surface area contributed by atoms with Gasteiger partial charge in [-0.05, 0) is 30.8 Å². The topological polar surface area (TPSA) is 76.6 Å². The van der Waals surface area contributed by atoms with Crippen LogP contribution in [-0.4, -0.2) is 76.4 Å². The Kier molecular flexibility index (Phi) is 9.81. The minimum atomic E-state index is 0.478. The largest absolute Gasteiger partial charge is 0.493 e. The van der Waals surface area contributed by atoms with E-state index in [9.17, 15) is 0 Å². The van der Waals surface area contributed by atoms with Gasteiger partial charge in [-0.25, -0.2) is 0 Å². The molecule has 1 aliphatic heterocycles. The Hall–Kier alpha value is -2.10. The molecule has 1 aromatic rings. The van der Waals surface area contributed by atoms with E-state index in [1.54, 1.807) is 20.4 Å². The zero-order valence-corrected chi connectivity index (χ0v) is 17.6. The number of nitrogens with one attached hydrogen (secondary N) is 2. The van der Waals surface area contributed by atoms with Crippen molar-refractivity contribution >= 4 is 23.5 Å². The van der Waals surface area contributed by atoms with Gasteiger partial charge < -0.3 is 24.3 Å². The van der Waals surface area contributed by atoms with E-state index < -0.39 is 0 Å². The Bertz CT molecular complexity index is 626. The number of nitrogens with zero attached hydrogens (tertiary/aromatic N) is 2. The molecular weight excluding hydrogens is 380 g/mol. The summed E-state index contributed by atoms with van der Waals surface area (Å²) in [6, 6.07) is 3.68. The van der Waals surface area contributed by atoms with E-state index in [-0.39, 0.29) is 0 Å². The fourth-order valence-electron chi connectivity index (χ4n) is 2.68. The van der Waals surface area contributed by atoms with Crippen LogP contribution < -0.4 is 25.0 Å². The lowest BCUT2D eigenvalue weighted by Gasteiger charge is -2.26. The van der Waals surface area contributed by atoms with Crippen molar-refractivity contribution < 1.29 is 18.9 Å². The van der Waals surface area contributed by atoms with Gasteiger partial charge in [0.1, 0.15) is 0 Å². The van der Waals surface area contributed by atoms with E-state index in [1.807, 2.05) is 19.1 Å². The Balaban J connectivity index is 1.85. The number of hydrazone groups is 1. The summed E-state index contributed by atoms with van der Waals surface area (Å²) >= 11 is 5.25. The highest BCUT2D eigenvalue weighted by molar-refractivity contribution is 7.80. The maximum absolute atomic E-state index is 5.74. The molecule has 156 valence electrons. The summed E-state index contributed by atoms with van der Waals surface area (Å²) < 4.78 is 21.9. The van der Waals surface area contributed by atoms with Gasteiger partial charge in [0, 0.05) is 31.7 Å². The molecule has 8 nitrogen and oxygen atoms in total. The first-order valence-electron chi connectivity index (χ1n) is 9.43. The van der Waals surface area contributed by atoms with Crippen LogP contribution in [0.3, 0.4) is 0 Å². The molecule has 0 aromatic heterocycles. The van der Waals surface area contributed by atoms with Gasteiger partial charge in [-0.2, -0.15) is 5.10 Å². The first-order valence-corrected chi connectivity index (χ1v) is 9.84. The first-order chi connectivity index (χ1) is 13.7. The van der Waals surface area contributed by atoms with Gasteiger partial charge in [0.15, 0.2) is 16.6 Å². The molecule has 0 spiro atoms. The Labute approximate surface area is 172 Å². The highest BCUT2D eigenvalue weighted by atomic mass is 32.1. The maximum atomic E-state index is 5.74. The molecule has 1 aliphatic rings. The summed E-state index contributed by atoms with van der Waals surface area (Å²) in [5.74, 6) is 1.79. The minimum absolute atomic E-state index is 0.478. The Morgan fingerprint density at radius 3 is 2.54 bits per heavy atom. The quantitative estimate of drug-likeness (QED) is 0.342. The molecule has 0 unspecified atom stereocenters. The monoisotopic (exact) mass is 410 g/mol. The molecule has 2 rings (SSSR count). The van der Waals surface area contributed by atoms with Crippen LogP contribution in [0.15, 0.2) is 17.2 Å². The SMILES string of the molecule is CCCOc1c(OC)cc(/C=N/NC(=S)NCCN2CCOCC2)cc1OC. The molecule has 1 aromatic carbocycles. The number of rotatable bonds is 10. The van der Waals surface area contributed by atoms with Crippen molar-refractivity contribution in [2.24, 2.45) is 5.10 Å². The van der Waals surface area contributed by atoms with Crippen LogP contribution in [-0.2, 0) is 4.74 Å². The van der Waals surface area contributed by atoms with Crippen molar-refractivity contribution in [2.75, 3.05) is 60.2 Å². The van der Waals surface area contributed by atoms with Gasteiger partial charge in [0.05, 0.1) is 40.3 Å². The Morgan fingerprint density at radius 1 is 1.25 bits per heavy atom. The lowest BCUT2D eigenvalue weighted by molar-refractivity contribution is 0.0389. The van der Waals surface area contributed by atoms with Crippen molar-refractivity contribution in [2.45, 2.75) is 13.3 Å². The smallest absolute Gasteiger partial charge is 0.203 e. The number of thiocarbonyl (C=S) groups is 1. The van der Waals surface area contributed by atoms with Gasteiger partial charge in [0.2, 0.25) is 5.75 Å². The third kappa shape index (κ3) is 7.14. The number of methoxy groups -OCH3 is 2. The van der Waals surface area contributed by atoms with Crippen LogP contribution in [0.2, 0.25) is 0 Å². The lowest BCUT2D eigenvalue weighted by Crippen LogP contribution is -2.42. The molecule has 1 fully saturated rings. The number of hydrogen-bond acceptors (Lipinski definition) is 7. The predicted octanol–water partition coefficient (Wildman–Crippen LogP) is 1.62. The van der Waals surface area contributed by atoms with Crippen molar-refractivity contribution in [3.05, 3.63) is 17.7 Å². The standard InChI is InChI=1S/C19H30N4O4S/c1-4-9-27-18-16(24-2)12-15(13-17(18)25-3)14-21-22-19(28)20-5-6-23-7-10-26-11-8-23/h12-14H,4-11H2,1-3H3,(H2,20,22,28)/b21-14+. The van der Waals surface area contributed by atoms with Gasteiger partial charge in [0.25, 0.3) is 0 Å². The minimum Gasteiger partial charge on any atom is -0.493 e. The second kappa shape index (κ2) is 12.4. The molecule has 28 heavy (non-hydrogen) atoms. The number of hydrogen-bond donors (Lipinski definition) is 2. The zero-order valence-electron chi connectivity index (χ0n) is 16.8. The molecule has 1 saturated heterocycles. The van der Waals surface area contributed by atoms with Crippen LogP contribution >= 0.6 is 12.2 Å². The third-order valence-corrected chi connectivity index (χ3v) is 4.37. The van der Waals surface area contributed by atoms with Crippen LogP contribution in [0.4, 0.5) is 0 Å². The highest BCUT2D eigenvalue weighted by Gasteiger charge is 2.13. The van der Waals surface area contributed by atoms with Crippen molar-refractivity contribution in [1.29, 1.82) is 0 Å². The molecule has 0 bridgehead atoms. The molecule has 0 radical (unpaired) electrons. The van der Waals surface area contributed by atoms with Crippen LogP contribution in [0.1, 0.15) is 18.9 Å². The van der Waals surface area contributed by atoms with Crippen LogP contribution in [0.5, 0.6) is 17.2 Å². The number of benzene rings is 1. The van der Waals surface area contributed by atoms with E-state index >= 15 is 0 Å². The van der Waals surface area contributed by atoms with Gasteiger partial charge in [-0.15, -0.1) is 0 Å². The average molecular weight is 411 g/mol. The third-order valence-electron chi connectivity index (χ3n) is 4.13. The predicted molar refractivity (Wildman–Crippen MR) is 114 cm³/mol. The van der Waals surface area contributed by atoms with Crippen LogP contribution in [0, 0.1) is 0 Å². The summed E-state index contributed by atoms with van der Waals surface area (Å²) in [5.41, 5.74) is 3.63. The molecule has 0 saturated carbocycles. The summed E-state index contributed by atoms with van der Waals surface area (Å²) in [5, 5.41) is 7.81. The van der Waals surface area contributed by atoms with Gasteiger partial charge in [-0.1, -0.05) is 6.92 Å². The highest BCUT2D eigenvalue weighted by Crippen LogP contribution is 2.38. The molecule has 0 atom stereocenters. The maximum Gasteiger partial charge on any atom is 0.203 e. The van der Waals surface area contributed by atoms with E-state index in [0.29, 0.717) is 29.0 Å². The average Bonchev–Trinajstić information content (AvgIpc) is 2.72. The summed E-state index contributed by atoms with van der Waals surface area (Å²) in [6.45, 7) is 7.82. The summed E-state index contributed by atoms with van der Waals surface area (Å²) in [4.78, 5) is 2.34. The van der Waals surface area contributed by atoms with Gasteiger partial charge >= 0.3 is 0 Å². The second-order valence-electron chi connectivity index (χ2n) is 6.18. The molecule has 0 aliphatic carbocycles. The van der Waals surface area contributed by atoms with E-state index in [0.717, 1.165) is 51.4 Å².